The fraction of sp³-hybridized carbons (Fsp3) is 0.0870. The molecule has 0 saturated carbocycles. The van der Waals surface area contributed by atoms with E-state index >= 15 is 0 Å². The number of carbonyl (C=O) groups is 1. The summed E-state index contributed by atoms with van der Waals surface area (Å²) >= 11 is 1.55. The molecule has 0 fully saturated rings. The van der Waals surface area contributed by atoms with Gasteiger partial charge in [-0.3, -0.25) is 4.79 Å². The Bertz CT molecular complexity index is 1120. The lowest BCUT2D eigenvalue weighted by Gasteiger charge is -2.38. The third kappa shape index (κ3) is 2.29. The summed E-state index contributed by atoms with van der Waals surface area (Å²) in [4.78, 5) is 18.8. The molecular weight excluding hydrogens is 366 g/mol. The Hall–Kier alpha value is -3.18. The second kappa shape index (κ2) is 6.46. The van der Waals surface area contributed by atoms with Crippen LogP contribution in [-0.4, -0.2) is 22.8 Å². The van der Waals surface area contributed by atoms with Crippen molar-refractivity contribution in [3.05, 3.63) is 102 Å². The maximum absolute atomic E-state index is 13.8. The van der Waals surface area contributed by atoms with Crippen LogP contribution in [-0.2, 0) is 10.5 Å². The number of para-hydroxylation sites is 1. The van der Waals surface area contributed by atoms with Gasteiger partial charge in [0.05, 0.1) is 5.69 Å². The molecular formula is C23H17N3OS. The van der Waals surface area contributed by atoms with Gasteiger partial charge in [-0.05, 0) is 12.3 Å². The fourth-order valence-corrected chi connectivity index (χ4v) is 4.40. The van der Waals surface area contributed by atoms with Crippen LogP contribution in [0.2, 0.25) is 0 Å². The number of rotatable bonds is 2. The summed E-state index contributed by atoms with van der Waals surface area (Å²) in [5, 5.41) is 7.44. The van der Waals surface area contributed by atoms with Crippen molar-refractivity contribution in [3.63, 3.8) is 0 Å². The summed E-state index contributed by atoms with van der Waals surface area (Å²) in [5.41, 5.74) is 2.73. The van der Waals surface area contributed by atoms with E-state index in [9.17, 15) is 4.79 Å². The molecule has 28 heavy (non-hydrogen) atoms. The molecule has 1 atom stereocenters. The molecule has 0 aromatic heterocycles. The van der Waals surface area contributed by atoms with Crippen LogP contribution in [0.5, 0.6) is 0 Å². The second-order valence-electron chi connectivity index (χ2n) is 6.63. The quantitative estimate of drug-likeness (QED) is 0.656. The Morgan fingerprint density at radius 1 is 0.857 bits per heavy atom. The number of hydrazone groups is 1. The zero-order chi connectivity index (χ0) is 19.1. The smallest absolute Gasteiger partial charge is 0.243 e. The van der Waals surface area contributed by atoms with Gasteiger partial charge in [-0.2, -0.15) is 5.10 Å². The number of ketones is 1. The van der Waals surface area contributed by atoms with Crippen LogP contribution in [0.25, 0.3) is 0 Å². The van der Waals surface area contributed by atoms with E-state index in [0.717, 1.165) is 27.4 Å². The van der Waals surface area contributed by atoms with E-state index in [-0.39, 0.29) is 5.78 Å². The molecule has 0 N–H and O–H groups in total. The summed E-state index contributed by atoms with van der Waals surface area (Å²) in [6.07, 6.45) is 1.99. The molecule has 0 radical (unpaired) electrons. The molecule has 2 aliphatic rings. The van der Waals surface area contributed by atoms with Crippen LogP contribution in [0, 0.1) is 0 Å². The molecule has 5 heteroatoms. The molecule has 0 spiro atoms. The minimum absolute atomic E-state index is 0.106. The fourth-order valence-electron chi connectivity index (χ4n) is 3.78. The Morgan fingerprint density at radius 3 is 2.21 bits per heavy atom. The lowest BCUT2D eigenvalue weighted by Crippen LogP contribution is -2.48. The van der Waals surface area contributed by atoms with Gasteiger partial charge in [0.25, 0.3) is 0 Å². The second-order valence-corrected chi connectivity index (χ2v) is 7.43. The largest absolute Gasteiger partial charge is 0.287 e. The van der Waals surface area contributed by atoms with Crippen molar-refractivity contribution < 1.29 is 4.79 Å². The van der Waals surface area contributed by atoms with Crippen LogP contribution in [0.3, 0.4) is 0 Å². The molecule has 0 aliphatic carbocycles. The minimum atomic E-state index is -1.21. The van der Waals surface area contributed by atoms with Gasteiger partial charge in [-0.1, -0.05) is 78.9 Å². The summed E-state index contributed by atoms with van der Waals surface area (Å²) in [7, 11) is 0. The number of fused-ring (bicyclic) bond motifs is 3. The Balaban J connectivity index is 1.81. The van der Waals surface area contributed by atoms with Gasteiger partial charge >= 0.3 is 0 Å². The number of Topliss-reactive ketones (excluding diaryl/α,β-unsaturated/α-hetero) is 1. The van der Waals surface area contributed by atoms with Crippen LogP contribution in [0.15, 0.2) is 95.0 Å². The third-order valence-electron chi connectivity index (χ3n) is 5.08. The van der Waals surface area contributed by atoms with Gasteiger partial charge in [-0.15, -0.1) is 11.8 Å². The average Bonchev–Trinajstić information content (AvgIpc) is 3.08. The Morgan fingerprint density at radius 2 is 1.50 bits per heavy atom. The van der Waals surface area contributed by atoms with Crippen molar-refractivity contribution in [2.45, 2.75) is 5.66 Å². The number of carbonyl (C=O) groups excluding carboxylic acids is 1. The molecule has 0 bridgehead atoms. The van der Waals surface area contributed by atoms with Crippen molar-refractivity contribution in [2.75, 3.05) is 11.3 Å². The zero-order valence-electron chi connectivity index (χ0n) is 15.2. The molecule has 2 heterocycles. The topological polar surface area (TPSA) is 45.0 Å². The number of hydrogen-bond donors (Lipinski definition) is 0. The van der Waals surface area contributed by atoms with Crippen LogP contribution in [0.4, 0.5) is 5.69 Å². The lowest BCUT2D eigenvalue weighted by molar-refractivity contribution is -0.117. The van der Waals surface area contributed by atoms with Gasteiger partial charge in [0.15, 0.2) is 0 Å². The van der Waals surface area contributed by atoms with Crippen LogP contribution in [0.1, 0.15) is 16.7 Å². The molecule has 136 valence electrons. The first-order chi connectivity index (χ1) is 13.8. The van der Waals surface area contributed by atoms with Gasteiger partial charge in [-0.25, -0.2) is 10.0 Å². The number of thioether (sulfide) groups is 1. The van der Waals surface area contributed by atoms with Crippen LogP contribution >= 0.6 is 11.8 Å². The third-order valence-corrected chi connectivity index (χ3v) is 5.78. The molecule has 3 aromatic rings. The highest BCUT2D eigenvalue weighted by Gasteiger charge is 2.55. The number of anilines is 1. The normalized spacial score (nSPS) is 20.3. The number of benzene rings is 3. The Labute approximate surface area is 167 Å². The van der Waals surface area contributed by atoms with Crippen molar-refractivity contribution >= 4 is 34.0 Å². The molecule has 0 saturated heterocycles. The van der Waals surface area contributed by atoms with Crippen molar-refractivity contribution in [2.24, 2.45) is 10.1 Å². The average molecular weight is 383 g/mol. The molecule has 4 nitrogen and oxygen atoms in total. The predicted molar refractivity (Wildman–Crippen MR) is 115 cm³/mol. The first-order valence-corrected chi connectivity index (χ1v) is 10.3. The summed E-state index contributed by atoms with van der Waals surface area (Å²) in [5.74, 6) is -0.106. The van der Waals surface area contributed by atoms with E-state index in [2.05, 4.69) is 0 Å². The number of hydrogen-bond acceptors (Lipinski definition) is 5. The molecule has 1 unspecified atom stereocenters. The zero-order valence-corrected chi connectivity index (χ0v) is 16.1. The first-order valence-electron chi connectivity index (χ1n) is 9.03. The van der Waals surface area contributed by atoms with Crippen molar-refractivity contribution in [1.82, 2.24) is 0 Å². The van der Waals surface area contributed by atoms with E-state index in [1.54, 1.807) is 16.8 Å². The van der Waals surface area contributed by atoms with Gasteiger partial charge in [0.2, 0.25) is 11.4 Å². The maximum atomic E-state index is 13.8. The molecule has 3 aromatic carbocycles. The summed E-state index contributed by atoms with van der Waals surface area (Å²) in [6.45, 7) is 0. The lowest BCUT2D eigenvalue weighted by atomic mass is 9.89. The van der Waals surface area contributed by atoms with Gasteiger partial charge in [0.1, 0.15) is 10.8 Å². The highest BCUT2D eigenvalue weighted by Crippen LogP contribution is 2.46. The summed E-state index contributed by atoms with van der Waals surface area (Å²) < 4.78 is 0. The van der Waals surface area contributed by atoms with Crippen LogP contribution < -0.4 is 5.01 Å². The van der Waals surface area contributed by atoms with E-state index in [4.69, 9.17) is 10.1 Å². The number of aliphatic imine (C=N–C) groups is 1. The molecule has 2 aliphatic heterocycles. The summed E-state index contributed by atoms with van der Waals surface area (Å²) in [6, 6.07) is 27.3. The molecule has 0 amide bonds. The van der Waals surface area contributed by atoms with E-state index in [1.807, 2.05) is 91.2 Å². The highest BCUT2D eigenvalue weighted by molar-refractivity contribution is 8.13. The SMILES string of the molecule is CSC1=NC2(c3ccccc3)C(=O)C(c3ccccc3)=NN2c2ccccc21. The Kier molecular flexibility index (Phi) is 3.91. The van der Waals surface area contributed by atoms with E-state index in [0.29, 0.717) is 5.71 Å². The van der Waals surface area contributed by atoms with Gasteiger partial charge < -0.3 is 0 Å². The number of nitrogens with zero attached hydrogens (tertiary/aromatic N) is 3. The highest BCUT2D eigenvalue weighted by atomic mass is 32.2. The van der Waals surface area contributed by atoms with E-state index in [1.165, 1.54) is 0 Å². The minimum Gasteiger partial charge on any atom is -0.287 e. The van der Waals surface area contributed by atoms with Gasteiger partial charge in [0, 0.05) is 16.7 Å². The van der Waals surface area contributed by atoms with Crippen molar-refractivity contribution in [3.8, 4) is 0 Å². The standard InChI is InChI=1S/C23H17N3OS/c1-28-22-18-14-8-9-15-19(18)26-23(24-22,17-12-6-3-7-13-17)21(27)20(25-26)16-10-4-2-5-11-16/h2-15H,1H3. The van der Waals surface area contributed by atoms with E-state index < -0.39 is 5.66 Å². The first kappa shape index (κ1) is 17.0. The monoisotopic (exact) mass is 383 g/mol. The predicted octanol–water partition coefficient (Wildman–Crippen LogP) is 4.46. The van der Waals surface area contributed by atoms with Crippen molar-refractivity contribution in [1.29, 1.82) is 0 Å². The molecule has 5 rings (SSSR count). The maximum Gasteiger partial charge on any atom is 0.243 e.